The SMILES string of the molecule is Cc1nc(N(C)CC2CC3CCC2C3)cc(=O)[nH]1. The highest BCUT2D eigenvalue weighted by Crippen LogP contribution is 2.48. The summed E-state index contributed by atoms with van der Waals surface area (Å²) in [5, 5.41) is 0. The van der Waals surface area contributed by atoms with Crippen molar-refractivity contribution >= 4 is 5.82 Å². The molecule has 0 radical (unpaired) electrons. The third-order valence-electron chi connectivity index (χ3n) is 4.63. The van der Waals surface area contributed by atoms with Gasteiger partial charge < -0.3 is 9.88 Å². The summed E-state index contributed by atoms with van der Waals surface area (Å²) in [6.45, 7) is 2.87. The zero-order valence-corrected chi connectivity index (χ0v) is 11.1. The van der Waals surface area contributed by atoms with E-state index < -0.39 is 0 Å². The molecule has 1 heterocycles. The minimum Gasteiger partial charge on any atom is -0.359 e. The molecule has 0 aliphatic heterocycles. The molecule has 2 aliphatic rings. The Morgan fingerprint density at radius 3 is 2.89 bits per heavy atom. The Morgan fingerprint density at radius 1 is 1.44 bits per heavy atom. The number of anilines is 1. The molecule has 4 heteroatoms. The van der Waals surface area contributed by atoms with E-state index in [4.69, 9.17) is 0 Å². The fourth-order valence-electron chi connectivity index (χ4n) is 3.80. The molecule has 98 valence electrons. The van der Waals surface area contributed by atoms with Crippen molar-refractivity contribution in [1.29, 1.82) is 0 Å². The van der Waals surface area contributed by atoms with Gasteiger partial charge in [0, 0.05) is 19.7 Å². The van der Waals surface area contributed by atoms with Crippen molar-refractivity contribution in [2.24, 2.45) is 17.8 Å². The van der Waals surface area contributed by atoms with Gasteiger partial charge in [0.05, 0.1) is 0 Å². The van der Waals surface area contributed by atoms with E-state index >= 15 is 0 Å². The standard InChI is InChI=1S/C14H21N3O/c1-9-15-13(7-14(18)16-9)17(2)8-12-6-10-3-4-11(12)5-10/h7,10-12H,3-6,8H2,1-2H3,(H,15,16,18). The van der Waals surface area contributed by atoms with Gasteiger partial charge in [-0.25, -0.2) is 4.98 Å². The molecule has 2 fully saturated rings. The molecular formula is C14H21N3O. The van der Waals surface area contributed by atoms with Crippen LogP contribution in [0, 0.1) is 24.7 Å². The highest BCUT2D eigenvalue weighted by atomic mass is 16.1. The van der Waals surface area contributed by atoms with Crippen molar-refractivity contribution in [2.45, 2.75) is 32.6 Å². The molecule has 18 heavy (non-hydrogen) atoms. The van der Waals surface area contributed by atoms with Gasteiger partial charge in [-0.3, -0.25) is 4.79 Å². The Bertz CT molecular complexity index is 496. The molecule has 1 aromatic rings. The molecular weight excluding hydrogens is 226 g/mol. The van der Waals surface area contributed by atoms with Gasteiger partial charge in [0.2, 0.25) is 0 Å². The van der Waals surface area contributed by atoms with Crippen molar-refractivity contribution in [3.63, 3.8) is 0 Å². The molecule has 4 nitrogen and oxygen atoms in total. The predicted molar refractivity (Wildman–Crippen MR) is 71.8 cm³/mol. The number of nitrogens with zero attached hydrogens (tertiary/aromatic N) is 2. The maximum Gasteiger partial charge on any atom is 0.252 e. The summed E-state index contributed by atoms with van der Waals surface area (Å²) in [5.41, 5.74) is -0.0581. The van der Waals surface area contributed by atoms with Gasteiger partial charge in [0.15, 0.2) is 0 Å². The number of hydrogen-bond acceptors (Lipinski definition) is 3. The molecule has 2 bridgehead atoms. The number of H-pyrrole nitrogens is 1. The number of rotatable bonds is 3. The zero-order valence-electron chi connectivity index (χ0n) is 11.1. The smallest absolute Gasteiger partial charge is 0.252 e. The Kier molecular flexibility index (Phi) is 2.88. The summed E-state index contributed by atoms with van der Waals surface area (Å²) < 4.78 is 0. The molecule has 2 saturated carbocycles. The molecule has 3 atom stereocenters. The lowest BCUT2D eigenvalue weighted by Crippen LogP contribution is -2.30. The van der Waals surface area contributed by atoms with E-state index in [9.17, 15) is 4.79 Å². The summed E-state index contributed by atoms with van der Waals surface area (Å²) >= 11 is 0. The lowest BCUT2D eigenvalue weighted by molar-refractivity contribution is 0.337. The first-order valence-corrected chi connectivity index (χ1v) is 6.91. The molecule has 0 amide bonds. The van der Waals surface area contributed by atoms with Crippen molar-refractivity contribution < 1.29 is 0 Å². The van der Waals surface area contributed by atoms with Crippen LogP contribution >= 0.6 is 0 Å². The molecule has 3 unspecified atom stereocenters. The topological polar surface area (TPSA) is 49.0 Å². The fourth-order valence-corrected chi connectivity index (χ4v) is 3.80. The van der Waals surface area contributed by atoms with Crippen LogP contribution in [0.4, 0.5) is 5.82 Å². The largest absolute Gasteiger partial charge is 0.359 e. The monoisotopic (exact) mass is 247 g/mol. The normalized spacial score (nSPS) is 29.8. The van der Waals surface area contributed by atoms with E-state index in [1.807, 2.05) is 14.0 Å². The van der Waals surface area contributed by atoms with Gasteiger partial charge in [-0.2, -0.15) is 0 Å². The molecule has 0 aromatic carbocycles. The summed E-state index contributed by atoms with van der Waals surface area (Å²) in [4.78, 5) is 20.7. The summed E-state index contributed by atoms with van der Waals surface area (Å²) in [5.74, 6) is 4.19. The van der Waals surface area contributed by atoms with E-state index in [1.54, 1.807) is 6.07 Å². The first kappa shape index (κ1) is 11.8. The van der Waals surface area contributed by atoms with Crippen LogP contribution in [0.25, 0.3) is 0 Å². The van der Waals surface area contributed by atoms with Gasteiger partial charge in [-0.1, -0.05) is 6.42 Å². The average Bonchev–Trinajstić information content (AvgIpc) is 2.89. The van der Waals surface area contributed by atoms with Crippen LogP contribution in [0.1, 0.15) is 31.5 Å². The number of aromatic nitrogens is 2. The van der Waals surface area contributed by atoms with Crippen molar-refractivity contribution in [3.8, 4) is 0 Å². The van der Waals surface area contributed by atoms with Crippen LogP contribution in [0.15, 0.2) is 10.9 Å². The van der Waals surface area contributed by atoms with Crippen LogP contribution in [0.2, 0.25) is 0 Å². The fraction of sp³-hybridized carbons (Fsp3) is 0.714. The van der Waals surface area contributed by atoms with Crippen LogP contribution in [-0.4, -0.2) is 23.6 Å². The molecule has 1 aromatic heterocycles. The molecule has 2 aliphatic carbocycles. The Labute approximate surface area is 107 Å². The van der Waals surface area contributed by atoms with Crippen LogP contribution < -0.4 is 10.5 Å². The highest BCUT2D eigenvalue weighted by Gasteiger charge is 2.39. The molecule has 3 rings (SSSR count). The first-order chi connectivity index (χ1) is 8.61. The van der Waals surface area contributed by atoms with E-state index in [1.165, 1.54) is 25.7 Å². The lowest BCUT2D eigenvalue weighted by atomic mass is 9.88. The number of aromatic amines is 1. The van der Waals surface area contributed by atoms with Gasteiger partial charge in [0.25, 0.3) is 5.56 Å². The van der Waals surface area contributed by atoms with Gasteiger partial charge in [-0.15, -0.1) is 0 Å². The van der Waals surface area contributed by atoms with Crippen LogP contribution in [0.3, 0.4) is 0 Å². The van der Waals surface area contributed by atoms with Gasteiger partial charge >= 0.3 is 0 Å². The number of hydrogen-bond donors (Lipinski definition) is 1. The second-order valence-corrected chi connectivity index (χ2v) is 6.00. The third-order valence-corrected chi connectivity index (χ3v) is 4.63. The lowest BCUT2D eigenvalue weighted by Gasteiger charge is -2.27. The number of nitrogens with one attached hydrogen (secondary N) is 1. The number of aryl methyl sites for hydroxylation is 1. The van der Waals surface area contributed by atoms with Crippen LogP contribution in [0.5, 0.6) is 0 Å². The van der Waals surface area contributed by atoms with Crippen molar-refractivity contribution in [1.82, 2.24) is 9.97 Å². The Balaban J connectivity index is 1.71. The second kappa shape index (κ2) is 4.41. The highest BCUT2D eigenvalue weighted by molar-refractivity contribution is 5.36. The van der Waals surface area contributed by atoms with E-state index in [2.05, 4.69) is 14.9 Å². The summed E-state index contributed by atoms with van der Waals surface area (Å²) in [6.07, 6.45) is 5.65. The maximum absolute atomic E-state index is 11.5. The van der Waals surface area contributed by atoms with Crippen LogP contribution in [-0.2, 0) is 0 Å². The molecule has 0 spiro atoms. The zero-order chi connectivity index (χ0) is 12.7. The number of fused-ring (bicyclic) bond motifs is 2. The van der Waals surface area contributed by atoms with E-state index in [0.717, 1.165) is 30.1 Å². The maximum atomic E-state index is 11.5. The molecule has 0 saturated heterocycles. The third kappa shape index (κ3) is 2.16. The first-order valence-electron chi connectivity index (χ1n) is 6.91. The minimum absolute atomic E-state index is 0.0581. The second-order valence-electron chi connectivity index (χ2n) is 6.00. The summed E-state index contributed by atoms with van der Waals surface area (Å²) in [7, 11) is 2.05. The van der Waals surface area contributed by atoms with Gasteiger partial charge in [-0.05, 0) is 43.9 Å². The Hall–Kier alpha value is -1.32. The minimum atomic E-state index is -0.0581. The van der Waals surface area contributed by atoms with E-state index in [0.29, 0.717) is 5.82 Å². The summed E-state index contributed by atoms with van der Waals surface area (Å²) in [6, 6.07) is 1.60. The predicted octanol–water partition coefficient (Wildman–Crippen LogP) is 1.95. The Morgan fingerprint density at radius 2 is 2.28 bits per heavy atom. The quantitative estimate of drug-likeness (QED) is 0.888. The van der Waals surface area contributed by atoms with Crippen molar-refractivity contribution in [3.05, 3.63) is 22.2 Å². The van der Waals surface area contributed by atoms with Gasteiger partial charge in [0.1, 0.15) is 11.6 Å². The average molecular weight is 247 g/mol. The van der Waals surface area contributed by atoms with E-state index in [-0.39, 0.29) is 5.56 Å². The molecule has 1 N–H and O–H groups in total. The van der Waals surface area contributed by atoms with Crippen molar-refractivity contribution in [2.75, 3.05) is 18.5 Å².